The van der Waals surface area contributed by atoms with Crippen molar-refractivity contribution < 1.29 is 17.9 Å². The highest BCUT2D eigenvalue weighted by Gasteiger charge is 2.44. The Hall–Kier alpha value is -1.56. The molecule has 0 unspecified atom stereocenters. The molecule has 1 aromatic rings. The second kappa shape index (κ2) is 5.82. The molecular formula is C17H23NO4S. The fourth-order valence-corrected chi connectivity index (χ4v) is 4.20. The van der Waals surface area contributed by atoms with Gasteiger partial charge in [-0.25, -0.2) is 13.2 Å². The molecule has 5 nitrogen and oxygen atoms in total. The van der Waals surface area contributed by atoms with Crippen LogP contribution in [0.3, 0.4) is 0 Å². The van der Waals surface area contributed by atoms with E-state index in [0.29, 0.717) is 16.5 Å². The van der Waals surface area contributed by atoms with Crippen LogP contribution in [0.4, 0.5) is 5.69 Å². The standard InChI is InChI=1S/C17H23NO4S/c1-22-16(19)14-4-3-13(12-23(2,20)21)11-15(14)18-9-7-17(5-6-17)8-10-18/h3-4,11H,5-10,12H2,1-2H3. The van der Waals surface area contributed by atoms with Gasteiger partial charge in [0.1, 0.15) is 0 Å². The largest absolute Gasteiger partial charge is 0.465 e. The molecule has 23 heavy (non-hydrogen) atoms. The van der Waals surface area contributed by atoms with Crippen molar-refractivity contribution in [1.29, 1.82) is 0 Å². The van der Waals surface area contributed by atoms with E-state index in [0.717, 1.165) is 31.6 Å². The van der Waals surface area contributed by atoms with E-state index in [1.165, 1.54) is 26.2 Å². The lowest BCUT2D eigenvalue weighted by atomic mass is 9.93. The summed E-state index contributed by atoms with van der Waals surface area (Å²) < 4.78 is 28.0. The first-order valence-corrected chi connectivity index (χ1v) is 10.0. The lowest BCUT2D eigenvalue weighted by Crippen LogP contribution is -2.35. The Morgan fingerprint density at radius 2 is 1.87 bits per heavy atom. The molecule has 0 N–H and O–H groups in total. The summed E-state index contributed by atoms with van der Waals surface area (Å²) in [5, 5.41) is 0. The van der Waals surface area contributed by atoms with E-state index in [4.69, 9.17) is 4.74 Å². The Morgan fingerprint density at radius 3 is 2.39 bits per heavy atom. The van der Waals surface area contributed by atoms with Crippen LogP contribution in [0.1, 0.15) is 41.6 Å². The Bertz CT molecular complexity index is 712. The van der Waals surface area contributed by atoms with Gasteiger partial charge in [-0.15, -0.1) is 0 Å². The summed E-state index contributed by atoms with van der Waals surface area (Å²) in [5.74, 6) is -0.392. The van der Waals surface area contributed by atoms with Crippen LogP contribution in [-0.4, -0.2) is 40.8 Å². The minimum absolute atomic E-state index is 0.0147. The summed E-state index contributed by atoms with van der Waals surface area (Å²) in [6, 6.07) is 5.21. The van der Waals surface area contributed by atoms with Crippen molar-refractivity contribution >= 4 is 21.5 Å². The van der Waals surface area contributed by atoms with Gasteiger partial charge in [0, 0.05) is 19.3 Å². The van der Waals surface area contributed by atoms with Crippen LogP contribution in [0.15, 0.2) is 18.2 Å². The van der Waals surface area contributed by atoms with E-state index in [-0.39, 0.29) is 11.7 Å². The highest BCUT2D eigenvalue weighted by Crippen LogP contribution is 2.54. The van der Waals surface area contributed by atoms with Crippen LogP contribution < -0.4 is 4.90 Å². The van der Waals surface area contributed by atoms with Gasteiger partial charge in [-0.1, -0.05) is 6.07 Å². The van der Waals surface area contributed by atoms with Crippen molar-refractivity contribution in [3.05, 3.63) is 29.3 Å². The zero-order chi connectivity index (χ0) is 16.7. The molecule has 1 saturated carbocycles. The molecule has 2 fully saturated rings. The fourth-order valence-electron chi connectivity index (χ4n) is 3.41. The first-order chi connectivity index (χ1) is 10.8. The number of anilines is 1. The molecule has 2 aliphatic rings. The Morgan fingerprint density at radius 1 is 1.22 bits per heavy atom. The number of methoxy groups -OCH3 is 1. The topological polar surface area (TPSA) is 63.7 Å². The summed E-state index contributed by atoms with van der Waals surface area (Å²) in [6.07, 6.45) is 6.14. The van der Waals surface area contributed by atoms with E-state index in [1.54, 1.807) is 12.1 Å². The number of ether oxygens (including phenoxy) is 1. The number of nitrogens with zero attached hydrogens (tertiary/aromatic N) is 1. The zero-order valence-electron chi connectivity index (χ0n) is 13.7. The molecule has 1 saturated heterocycles. The van der Waals surface area contributed by atoms with Gasteiger partial charge in [0.2, 0.25) is 0 Å². The van der Waals surface area contributed by atoms with Gasteiger partial charge in [-0.05, 0) is 48.8 Å². The van der Waals surface area contributed by atoms with Gasteiger partial charge in [0.05, 0.1) is 24.1 Å². The molecule has 0 bridgehead atoms. The molecule has 3 rings (SSSR count). The smallest absolute Gasteiger partial charge is 0.339 e. The maximum Gasteiger partial charge on any atom is 0.339 e. The molecule has 1 aliphatic carbocycles. The van der Waals surface area contributed by atoms with Crippen LogP contribution in [0.2, 0.25) is 0 Å². The molecule has 1 aromatic carbocycles. The minimum atomic E-state index is -3.11. The number of carbonyl (C=O) groups is 1. The molecular weight excluding hydrogens is 314 g/mol. The zero-order valence-corrected chi connectivity index (χ0v) is 14.5. The van der Waals surface area contributed by atoms with Crippen molar-refractivity contribution in [3.63, 3.8) is 0 Å². The lowest BCUT2D eigenvalue weighted by Gasteiger charge is -2.35. The number of benzene rings is 1. The monoisotopic (exact) mass is 337 g/mol. The molecule has 0 atom stereocenters. The lowest BCUT2D eigenvalue weighted by molar-refractivity contribution is 0.0601. The summed E-state index contributed by atoms with van der Waals surface area (Å²) >= 11 is 0. The van der Waals surface area contributed by atoms with E-state index in [1.807, 2.05) is 6.07 Å². The molecule has 1 aliphatic heterocycles. The number of hydrogen-bond acceptors (Lipinski definition) is 5. The minimum Gasteiger partial charge on any atom is -0.465 e. The molecule has 0 radical (unpaired) electrons. The van der Waals surface area contributed by atoms with Gasteiger partial charge in [-0.2, -0.15) is 0 Å². The Kier molecular flexibility index (Phi) is 4.12. The molecule has 6 heteroatoms. The first kappa shape index (κ1) is 16.3. The average Bonchev–Trinajstić information content (AvgIpc) is 3.25. The molecule has 126 valence electrons. The third-order valence-corrected chi connectivity index (χ3v) is 5.88. The third kappa shape index (κ3) is 3.68. The maximum atomic E-state index is 12.0. The third-order valence-electron chi connectivity index (χ3n) is 5.02. The second-order valence-corrected chi connectivity index (χ2v) is 9.04. The van der Waals surface area contributed by atoms with Crippen molar-refractivity contribution in [1.82, 2.24) is 0 Å². The van der Waals surface area contributed by atoms with Crippen molar-refractivity contribution in [2.24, 2.45) is 5.41 Å². The van der Waals surface area contributed by atoms with Gasteiger partial charge >= 0.3 is 5.97 Å². The van der Waals surface area contributed by atoms with E-state index < -0.39 is 9.84 Å². The van der Waals surface area contributed by atoms with Crippen molar-refractivity contribution in [3.8, 4) is 0 Å². The summed E-state index contributed by atoms with van der Waals surface area (Å²) in [7, 11) is -1.74. The summed E-state index contributed by atoms with van der Waals surface area (Å²) in [5.41, 5.74) is 2.57. The van der Waals surface area contributed by atoms with Gasteiger partial charge in [0.25, 0.3) is 0 Å². The molecule has 0 aromatic heterocycles. The highest BCUT2D eigenvalue weighted by molar-refractivity contribution is 7.89. The predicted octanol–water partition coefficient (Wildman–Crippen LogP) is 2.40. The number of carbonyl (C=O) groups excluding carboxylic acids is 1. The van der Waals surface area contributed by atoms with Crippen molar-refractivity contribution in [2.75, 3.05) is 31.4 Å². The average molecular weight is 337 g/mol. The van der Waals surface area contributed by atoms with Gasteiger partial charge in [0.15, 0.2) is 9.84 Å². The summed E-state index contributed by atoms with van der Waals surface area (Å²) in [4.78, 5) is 14.2. The van der Waals surface area contributed by atoms with E-state index >= 15 is 0 Å². The molecule has 1 heterocycles. The van der Waals surface area contributed by atoms with Crippen molar-refractivity contribution in [2.45, 2.75) is 31.4 Å². The summed E-state index contributed by atoms with van der Waals surface area (Å²) in [6.45, 7) is 1.82. The molecule has 1 spiro atoms. The first-order valence-electron chi connectivity index (χ1n) is 7.96. The highest BCUT2D eigenvalue weighted by atomic mass is 32.2. The number of piperidine rings is 1. The SMILES string of the molecule is COC(=O)c1ccc(CS(C)(=O)=O)cc1N1CCC2(CC1)CC2. The number of esters is 1. The normalized spacial score (nSPS) is 19.7. The van der Waals surface area contributed by atoms with Crippen LogP contribution >= 0.6 is 0 Å². The Balaban J connectivity index is 1.90. The molecule has 0 amide bonds. The van der Waals surface area contributed by atoms with Gasteiger partial charge in [-0.3, -0.25) is 0 Å². The quantitative estimate of drug-likeness (QED) is 0.790. The number of rotatable bonds is 4. The Labute approximate surface area is 137 Å². The fraction of sp³-hybridized carbons (Fsp3) is 0.588. The number of hydrogen-bond donors (Lipinski definition) is 0. The van der Waals surface area contributed by atoms with E-state index in [2.05, 4.69) is 4.90 Å². The van der Waals surface area contributed by atoms with Crippen LogP contribution in [0, 0.1) is 5.41 Å². The van der Waals surface area contributed by atoms with E-state index in [9.17, 15) is 13.2 Å². The van der Waals surface area contributed by atoms with Gasteiger partial charge < -0.3 is 9.64 Å². The maximum absolute atomic E-state index is 12.0. The number of sulfone groups is 1. The second-order valence-electron chi connectivity index (χ2n) is 6.90. The van der Waals surface area contributed by atoms with Crippen LogP contribution in [-0.2, 0) is 20.3 Å². The predicted molar refractivity (Wildman–Crippen MR) is 89.4 cm³/mol. The van der Waals surface area contributed by atoms with Crippen LogP contribution in [0.5, 0.6) is 0 Å². The van der Waals surface area contributed by atoms with Crippen LogP contribution in [0.25, 0.3) is 0 Å².